The van der Waals surface area contributed by atoms with Crippen molar-refractivity contribution in [1.29, 1.82) is 0 Å². The number of phenols is 1. The molecule has 0 radical (unpaired) electrons. The Balaban J connectivity index is 1.87. The number of hydrogen-bond acceptors (Lipinski definition) is 3. The lowest BCUT2D eigenvalue weighted by Gasteiger charge is -2.16. The average molecular weight is 283 g/mol. The monoisotopic (exact) mass is 282 g/mol. The summed E-state index contributed by atoms with van der Waals surface area (Å²) in [5.74, 6) is -0.170. The topological polar surface area (TPSA) is 61.4 Å². The van der Waals surface area contributed by atoms with Crippen LogP contribution in [0.25, 0.3) is 0 Å². The number of aromatic hydroxyl groups is 1. The summed E-state index contributed by atoms with van der Waals surface area (Å²) >= 11 is 5.79. The predicted octanol–water partition coefficient (Wildman–Crippen LogP) is 2.31. The van der Waals surface area contributed by atoms with Crippen LogP contribution in [0.3, 0.4) is 0 Å². The normalized spacial score (nSPS) is 19.7. The molecule has 19 heavy (non-hydrogen) atoms. The lowest BCUT2D eigenvalue weighted by atomic mass is 10.1. The fraction of sp³-hybridized carbons (Fsp3) is 0.500. The molecule has 0 aromatic heterocycles. The highest BCUT2D eigenvalue weighted by molar-refractivity contribution is 6.32. The summed E-state index contributed by atoms with van der Waals surface area (Å²) in [6.07, 6.45) is 4.76. The van der Waals surface area contributed by atoms with E-state index in [0.717, 1.165) is 13.0 Å². The molecule has 0 spiro atoms. The molecule has 2 rings (SSSR count). The summed E-state index contributed by atoms with van der Waals surface area (Å²) in [5, 5.41) is 15.8. The first kappa shape index (κ1) is 14.2. The maximum atomic E-state index is 12.0. The zero-order valence-electron chi connectivity index (χ0n) is 10.8. The lowest BCUT2D eigenvalue weighted by molar-refractivity contribution is 0.0949. The van der Waals surface area contributed by atoms with E-state index in [1.165, 1.54) is 31.4 Å². The third-order valence-electron chi connectivity index (χ3n) is 3.38. The van der Waals surface area contributed by atoms with Crippen LogP contribution in [0.4, 0.5) is 0 Å². The Morgan fingerprint density at radius 3 is 3.05 bits per heavy atom. The minimum Gasteiger partial charge on any atom is -0.506 e. The highest BCUT2D eigenvalue weighted by atomic mass is 35.5. The maximum absolute atomic E-state index is 12.0. The van der Waals surface area contributed by atoms with Gasteiger partial charge in [-0.2, -0.15) is 0 Å². The molecule has 1 aliphatic rings. The van der Waals surface area contributed by atoms with Crippen molar-refractivity contribution in [2.75, 3.05) is 13.1 Å². The predicted molar refractivity (Wildman–Crippen MR) is 75.7 cm³/mol. The van der Waals surface area contributed by atoms with E-state index >= 15 is 0 Å². The average Bonchev–Trinajstić information content (AvgIpc) is 2.67. The van der Waals surface area contributed by atoms with E-state index in [9.17, 15) is 9.90 Å². The lowest BCUT2D eigenvalue weighted by Crippen LogP contribution is -2.40. The molecule has 0 saturated carbocycles. The van der Waals surface area contributed by atoms with Crippen molar-refractivity contribution in [2.24, 2.45) is 0 Å². The molecule has 1 heterocycles. The molecule has 1 aliphatic heterocycles. The number of nitrogens with one attached hydrogen (secondary N) is 2. The van der Waals surface area contributed by atoms with Crippen LogP contribution in [0.15, 0.2) is 18.2 Å². The zero-order chi connectivity index (χ0) is 13.7. The van der Waals surface area contributed by atoms with Gasteiger partial charge in [-0.15, -0.1) is 0 Å². The van der Waals surface area contributed by atoms with Crippen molar-refractivity contribution in [1.82, 2.24) is 10.6 Å². The van der Waals surface area contributed by atoms with E-state index in [2.05, 4.69) is 10.6 Å². The van der Waals surface area contributed by atoms with Gasteiger partial charge in [-0.1, -0.05) is 24.4 Å². The van der Waals surface area contributed by atoms with E-state index in [4.69, 9.17) is 11.6 Å². The summed E-state index contributed by atoms with van der Waals surface area (Å²) in [6.45, 7) is 1.64. The Hall–Kier alpha value is -1.26. The molecule has 3 N–H and O–H groups in total. The number of carbonyl (C=O) groups is 1. The van der Waals surface area contributed by atoms with Gasteiger partial charge < -0.3 is 15.7 Å². The van der Waals surface area contributed by atoms with Crippen LogP contribution >= 0.6 is 11.6 Å². The van der Waals surface area contributed by atoms with Gasteiger partial charge in [0.2, 0.25) is 0 Å². The second kappa shape index (κ2) is 6.78. The van der Waals surface area contributed by atoms with E-state index < -0.39 is 0 Å². The molecule has 104 valence electrons. The fourth-order valence-corrected chi connectivity index (χ4v) is 2.42. The van der Waals surface area contributed by atoms with Crippen LogP contribution in [0.2, 0.25) is 5.02 Å². The maximum Gasteiger partial charge on any atom is 0.251 e. The molecule has 4 nitrogen and oxygen atoms in total. The van der Waals surface area contributed by atoms with Gasteiger partial charge in [0.15, 0.2) is 0 Å². The van der Waals surface area contributed by atoms with Gasteiger partial charge in [-0.25, -0.2) is 0 Å². The van der Waals surface area contributed by atoms with E-state index in [0.29, 0.717) is 18.2 Å². The number of carbonyl (C=O) groups excluding carboxylic acids is 1. The van der Waals surface area contributed by atoms with Gasteiger partial charge in [0.25, 0.3) is 5.91 Å². The molecule has 1 fully saturated rings. The molecule has 1 aromatic rings. The third kappa shape index (κ3) is 4.11. The van der Waals surface area contributed by atoms with Crippen molar-refractivity contribution < 1.29 is 9.90 Å². The van der Waals surface area contributed by atoms with Gasteiger partial charge in [0.05, 0.1) is 5.02 Å². The minimum atomic E-state index is -0.159. The second-order valence-electron chi connectivity index (χ2n) is 4.88. The summed E-state index contributed by atoms with van der Waals surface area (Å²) in [4.78, 5) is 12.0. The summed E-state index contributed by atoms with van der Waals surface area (Å²) in [6, 6.07) is 4.82. The highest BCUT2D eigenvalue weighted by Gasteiger charge is 2.13. The Morgan fingerprint density at radius 1 is 1.42 bits per heavy atom. The van der Waals surface area contributed by atoms with E-state index in [-0.39, 0.29) is 16.7 Å². The first-order valence-electron chi connectivity index (χ1n) is 6.67. The van der Waals surface area contributed by atoms with Crippen LogP contribution in [-0.2, 0) is 0 Å². The molecule has 0 bridgehead atoms. The largest absolute Gasteiger partial charge is 0.506 e. The first-order valence-corrected chi connectivity index (χ1v) is 7.04. The molecule has 0 unspecified atom stereocenters. The first-order chi connectivity index (χ1) is 9.16. The van der Waals surface area contributed by atoms with Gasteiger partial charge in [-0.3, -0.25) is 4.79 Å². The van der Waals surface area contributed by atoms with Gasteiger partial charge >= 0.3 is 0 Å². The number of amides is 1. The van der Waals surface area contributed by atoms with E-state index in [1.54, 1.807) is 6.07 Å². The van der Waals surface area contributed by atoms with Crippen LogP contribution < -0.4 is 10.6 Å². The Kier molecular flexibility index (Phi) is 5.05. The third-order valence-corrected chi connectivity index (χ3v) is 3.68. The number of halogens is 1. The Bertz CT molecular complexity index is 443. The fourth-order valence-electron chi connectivity index (χ4n) is 2.24. The van der Waals surface area contributed by atoms with Crippen molar-refractivity contribution >= 4 is 17.5 Å². The smallest absolute Gasteiger partial charge is 0.251 e. The summed E-state index contributed by atoms with van der Waals surface area (Å²) < 4.78 is 0. The van der Waals surface area contributed by atoms with Crippen molar-refractivity contribution in [3.05, 3.63) is 28.8 Å². The van der Waals surface area contributed by atoms with Crippen LogP contribution in [0, 0.1) is 0 Å². The summed E-state index contributed by atoms with van der Waals surface area (Å²) in [5.41, 5.74) is 0.469. The SMILES string of the molecule is O=C(NC[C@H]1CCCCCN1)c1ccc(O)c(Cl)c1. The molecule has 1 amide bonds. The van der Waals surface area contributed by atoms with Crippen molar-refractivity contribution in [2.45, 2.75) is 31.7 Å². The van der Waals surface area contributed by atoms with Crippen LogP contribution in [0.5, 0.6) is 5.75 Å². The number of benzene rings is 1. The van der Waals surface area contributed by atoms with Crippen LogP contribution in [-0.4, -0.2) is 30.1 Å². The second-order valence-corrected chi connectivity index (χ2v) is 5.28. The summed E-state index contributed by atoms with van der Waals surface area (Å²) in [7, 11) is 0. The molecular weight excluding hydrogens is 264 g/mol. The number of phenolic OH excluding ortho intramolecular Hbond substituents is 1. The van der Waals surface area contributed by atoms with Crippen molar-refractivity contribution in [3.8, 4) is 5.75 Å². The molecule has 1 atom stereocenters. The van der Waals surface area contributed by atoms with Gasteiger partial charge in [-0.05, 0) is 37.6 Å². The van der Waals surface area contributed by atoms with E-state index in [1.807, 2.05) is 0 Å². The van der Waals surface area contributed by atoms with Gasteiger partial charge in [0.1, 0.15) is 5.75 Å². The molecular formula is C14H19ClN2O2. The number of hydrogen-bond donors (Lipinski definition) is 3. The minimum absolute atomic E-state index is 0.0105. The van der Waals surface area contributed by atoms with Gasteiger partial charge in [0, 0.05) is 18.2 Å². The standard InChI is InChI=1S/C14H19ClN2O2/c15-12-8-10(5-6-13(12)18)14(19)17-9-11-4-2-1-3-7-16-11/h5-6,8,11,16,18H,1-4,7,9H2,(H,17,19)/t11-/m1/s1. The molecule has 5 heteroatoms. The molecule has 0 aliphatic carbocycles. The molecule has 1 aromatic carbocycles. The van der Waals surface area contributed by atoms with Crippen LogP contribution in [0.1, 0.15) is 36.0 Å². The Morgan fingerprint density at radius 2 is 2.26 bits per heavy atom. The van der Waals surface area contributed by atoms with Crippen molar-refractivity contribution in [3.63, 3.8) is 0 Å². The quantitative estimate of drug-likeness (QED) is 0.797. The highest BCUT2D eigenvalue weighted by Crippen LogP contribution is 2.23. The zero-order valence-corrected chi connectivity index (χ0v) is 11.5. The molecule has 1 saturated heterocycles. The number of rotatable bonds is 3. The Labute approximate surface area is 118 Å².